The highest BCUT2D eigenvalue weighted by Gasteiger charge is 2.15. The molecule has 142 valence electrons. The Morgan fingerprint density at radius 1 is 1.04 bits per heavy atom. The maximum absolute atomic E-state index is 12.6. The quantitative estimate of drug-likeness (QED) is 0.730. The maximum Gasteiger partial charge on any atom is 0.255 e. The van der Waals surface area contributed by atoms with E-state index in [2.05, 4.69) is 20.9 Å². The van der Waals surface area contributed by atoms with Crippen LogP contribution in [0.2, 0.25) is 0 Å². The summed E-state index contributed by atoms with van der Waals surface area (Å²) in [6.45, 7) is 7.32. The summed E-state index contributed by atoms with van der Waals surface area (Å²) in [5, 5.41) is 9.13. The molecular formula is C21H26N4O2. The summed E-state index contributed by atoms with van der Waals surface area (Å²) >= 11 is 0. The molecule has 1 aliphatic heterocycles. The number of aryl methyl sites for hydroxylation is 1. The normalized spacial score (nSPS) is 14.6. The number of rotatable bonds is 6. The van der Waals surface area contributed by atoms with Crippen molar-refractivity contribution in [3.8, 4) is 0 Å². The zero-order valence-electron chi connectivity index (χ0n) is 15.6. The largest absolute Gasteiger partial charge is 0.351 e. The van der Waals surface area contributed by atoms with E-state index in [-0.39, 0.29) is 11.8 Å². The van der Waals surface area contributed by atoms with Crippen molar-refractivity contribution < 1.29 is 9.59 Å². The molecule has 0 spiro atoms. The Hall–Kier alpha value is -2.70. The molecule has 0 unspecified atom stereocenters. The van der Waals surface area contributed by atoms with Crippen molar-refractivity contribution in [2.45, 2.75) is 6.92 Å². The van der Waals surface area contributed by atoms with Crippen LogP contribution in [0, 0.1) is 6.92 Å². The Morgan fingerprint density at radius 2 is 1.81 bits per heavy atom. The topological polar surface area (TPSA) is 73.5 Å². The molecule has 2 amide bonds. The number of para-hydroxylation sites is 1. The highest BCUT2D eigenvalue weighted by atomic mass is 16.2. The number of piperazine rings is 1. The average molecular weight is 366 g/mol. The molecule has 1 aliphatic rings. The van der Waals surface area contributed by atoms with E-state index in [0.717, 1.165) is 38.3 Å². The van der Waals surface area contributed by atoms with E-state index in [4.69, 9.17) is 0 Å². The van der Waals surface area contributed by atoms with Crippen LogP contribution in [0.3, 0.4) is 0 Å². The van der Waals surface area contributed by atoms with Gasteiger partial charge in [0.25, 0.3) is 11.8 Å². The molecule has 0 radical (unpaired) electrons. The minimum atomic E-state index is -0.222. The zero-order valence-corrected chi connectivity index (χ0v) is 15.6. The third-order valence-electron chi connectivity index (χ3n) is 4.62. The number of hydrogen-bond donors (Lipinski definition) is 3. The van der Waals surface area contributed by atoms with E-state index in [1.54, 1.807) is 24.3 Å². The van der Waals surface area contributed by atoms with Crippen molar-refractivity contribution in [3.05, 3.63) is 65.2 Å². The van der Waals surface area contributed by atoms with Crippen LogP contribution in [-0.4, -0.2) is 56.0 Å². The summed E-state index contributed by atoms with van der Waals surface area (Å²) in [5.74, 6) is -0.398. The number of carbonyl (C=O) groups excluding carboxylic acids is 2. The summed E-state index contributed by atoms with van der Waals surface area (Å²) < 4.78 is 0. The van der Waals surface area contributed by atoms with Gasteiger partial charge in [-0.15, -0.1) is 0 Å². The molecule has 2 aromatic carbocycles. The predicted octanol–water partition coefficient (Wildman–Crippen LogP) is 1.88. The highest BCUT2D eigenvalue weighted by molar-refractivity contribution is 6.09. The third-order valence-corrected chi connectivity index (χ3v) is 4.62. The van der Waals surface area contributed by atoms with Gasteiger partial charge in [0, 0.05) is 44.8 Å². The van der Waals surface area contributed by atoms with Crippen LogP contribution in [0.25, 0.3) is 0 Å². The van der Waals surface area contributed by atoms with Crippen molar-refractivity contribution in [1.29, 1.82) is 0 Å². The van der Waals surface area contributed by atoms with Gasteiger partial charge in [-0.05, 0) is 31.2 Å². The number of hydrogen-bond acceptors (Lipinski definition) is 4. The second kappa shape index (κ2) is 9.30. The SMILES string of the molecule is Cc1cccc(C(=O)Nc2ccccc2C(=O)NCCN2CCNCC2)c1. The molecule has 6 heteroatoms. The summed E-state index contributed by atoms with van der Waals surface area (Å²) in [7, 11) is 0. The van der Waals surface area contributed by atoms with Crippen LogP contribution in [0.4, 0.5) is 5.69 Å². The standard InChI is InChI=1S/C21H26N4O2/c1-16-5-4-6-17(15-16)20(26)24-19-8-3-2-7-18(19)21(27)23-11-14-25-12-9-22-10-13-25/h2-8,15,22H,9-14H2,1H3,(H,23,27)(H,24,26). The van der Waals surface area contributed by atoms with Gasteiger partial charge < -0.3 is 16.0 Å². The molecule has 1 fully saturated rings. The molecule has 1 heterocycles. The first-order valence-corrected chi connectivity index (χ1v) is 9.32. The first kappa shape index (κ1) is 19.1. The van der Waals surface area contributed by atoms with Gasteiger partial charge in [0.15, 0.2) is 0 Å². The summed E-state index contributed by atoms with van der Waals surface area (Å²) in [5.41, 5.74) is 2.58. The first-order chi connectivity index (χ1) is 13.1. The minimum absolute atomic E-state index is 0.176. The highest BCUT2D eigenvalue weighted by Crippen LogP contribution is 2.16. The number of amides is 2. The smallest absolute Gasteiger partial charge is 0.255 e. The van der Waals surface area contributed by atoms with Gasteiger partial charge in [-0.2, -0.15) is 0 Å². The monoisotopic (exact) mass is 366 g/mol. The Labute approximate surface area is 159 Å². The molecule has 0 aliphatic carbocycles. The van der Waals surface area contributed by atoms with Crippen molar-refractivity contribution in [2.24, 2.45) is 0 Å². The number of anilines is 1. The lowest BCUT2D eigenvalue weighted by molar-refractivity contribution is 0.0948. The fourth-order valence-corrected chi connectivity index (χ4v) is 3.13. The molecular weight excluding hydrogens is 340 g/mol. The van der Waals surface area contributed by atoms with E-state index in [9.17, 15) is 9.59 Å². The van der Waals surface area contributed by atoms with E-state index in [1.165, 1.54) is 0 Å². The van der Waals surface area contributed by atoms with Crippen LogP contribution in [-0.2, 0) is 0 Å². The fraction of sp³-hybridized carbons (Fsp3) is 0.333. The Balaban J connectivity index is 1.60. The number of nitrogens with zero attached hydrogens (tertiary/aromatic N) is 1. The van der Waals surface area contributed by atoms with Crippen LogP contribution >= 0.6 is 0 Å². The van der Waals surface area contributed by atoms with Crippen LogP contribution in [0.5, 0.6) is 0 Å². The van der Waals surface area contributed by atoms with E-state index in [0.29, 0.717) is 23.4 Å². The van der Waals surface area contributed by atoms with E-state index in [1.807, 2.05) is 31.2 Å². The van der Waals surface area contributed by atoms with Crippen molar-refractivity contribution in [3.63, 3.8) is 0 Å². The van der Waals surface area contributed by atoms with Gasteiger partial charge in [-0.3, -0.25) is 14.5 Å². The maximum atomic E-state index is 12.6. The molecule has 2 aromatic rings. The lowest BCUT2D eigenvalue weighted by Gasteiger charge is -2.27. The molecule has 3 N–H and O–H groups in total. The van der Waals surface area contributed by atoms with Crippen LogP contribution < -0.4 is 16.0 Å². The van der Waals surface area contributed by atoms with Gasteiger partial charge in [-0.25, -0.2) is 0 Å². The fourth-order valence-electron chi connectivity index (χ4n) is 3.13. The average Bonchev–Trinajstić information content (AvgIpc) is 2.69. The summed E-state index contributed by atoms with van der Waals surface area (Å²) in [6.07, 6.45) is 0. The molecule has 6 nitrogen and oxygen atoms in total. The van der Waals surface area contributed by atoms with Gasteiger partial charge >= 0.3 is 0 Å². The van der Waals surface area contributed by atoms with Crippen LogP contribution in [0.1, 0.15) is 26.3 Å². The Kier molecular flexibility index (Phi) is 6.57. The van der Waals surface area contributed by atoms with Gasteiger partial charge in [0.2, 0.25) is 0 Å². The third kappa shape index (κ3) is 5.39. The molecule has 0 atom stereocenters. The van der Waals surface area contributed by atoms with Gasteiger partial charge in [-0.1, -0.05) is 29.8 Å². The lowest BCUT2D eigenvalue weighted by atomic mass is 10.1. The Morgan fingerprint density at radius 3 is 2.59 bits per heavy atom. The van der Waals surface area contributed by atoms with Gasteiger partial charge in [0.05, 0.1) is 11.3 Å². The number of carbonyl (C=O) groups is 2. The molecule has 3 rings (SSSR count). The molecule has 27 heavy (non-hydrogen) atoms. The zero-order chi connectivity index (χ0) is 19.1. The minimum Gasteiger partial charge on any atom is -0.351 e. The van der Waals surface area contributed by atoms with E-state index >= 15 is 0 Å². The van der Waals surface area contributed by atoms with Crippen LogP contribution in [0.15, 0.2) is 48.5 Å². The van der Waals surface area contributed by atoms with Crippen molar-refractivity contribution in [2.75, 3.05) is 44.6 Å². The molecule has 0 aromatic heterocycles. The predicted molar refractivity (Wildman–Crippen MR) is 107 cm³/mol. The lowest BCUT2D eigenvalue weighted by Crippen LogP contribution is -2.46. The Bertz CT molecular complexity index is 800. The van der Waals surface area contributed by atoms with Crippen molar-refractivity contribution in [1.82, 2.24) is 15.5 Å². The second-order valence-corrected chi connectivity index (χ2v) is 6.72. The number of nitrogens with one attached hydrogen (secondary N) is 3. The molecule has 1 saturated heterocycles. The second-order valence-electron chi connectivity index (χ2n) is 6.72. The van der Waals surface area contributed by atoms with Crippen molar-refractivity contribution >= 4 is 17.5 Å². The first-order valence-electron chi connectivity index (χ1n) is 9.32. The summed E-state index contributed by atoms with van der Waals surface area (Å²) in [6, 6.07) is 14.5. The summed E-state index contributed by atoms with van der Waals surface area (Å²) in [4.78, 5) is 27.4. The number of benzene rings is 2. The molecule has 0 saturated carbocycles. The molecule has 0 bridgehead atoms. The van der Waals surface area contributed by atoms with E-state index < -0.39 is 0 Å². The van der Waals surface area contributed by atoms with Gasteiger partial charge in [0.1, 0.15) is 0 Å².